The second-order valence-electron chi connectivity index (χ2n) is 4.48. The van der Waals surface area contributed by atoms with Gasteiger partial charge in [0.25, 0.3) is 0 Å². The van der Waals surface area contributed by atoms with Gasteiger partial charge in [-0.05, 0) is 12.1 Å². The molecule has 0 amide bonds. The van der Waals surface area contributed by atoms with E-state index in [-0.39, 0.29) is 0 Å². The maximum atomic E-state index is 5.90. The van der Waals surface area contributed by atoms with Crippen molar-refractivity contribution >= 4 is 22.5 Å². The number of hydrogen-bond donors (Lipinski definition) is 1. The largest absolute Gasteiger partial charge is 0.369 e. The number of aromatic nitrogens is 5. The lowest BCUT2D eigenvalue weighted by atomic mass is 10.1. The van der Waals surface area contributed by atoms with Crippen molar-refractivity contribution in [3.63, 3.8) is 0 Å². The predicted octanol–water partition coefficient (Wildman–Crippen LogP) is 1.92. The van der Waals surface area contributed by atoms with Gasteiger partial charge in [0.15, 0.2) is 5.65 Å². The summed E-state index contributed by atoms with van der Waals surface area (Å²) in [4.78, 5) is 8.80. The van der Waals surface area contributed by atoms with E-state index >= 15 is 0 Å². The number of hydrogen-bond acceptors (Lipinski definition) is 5. The zero-order chi connectivity index (χ0) is 13.5. The SMILES string of the molecule is Nc1nc(-c2cnc3ccccc3c2)cc2nncn12. The summed E-state index contributed by atoms with van der Waals surface area (Å²) in [7, 11) is 0. The molecule has 0 atom stereocenters. The van der Waals surface area contributed by atoms with Gasteiger partial charge in [0.2, 0.25) is 5.95 Å². The van der Waals surface area contributed by atoms with Crippen LogP contribution >= 0.6 is 0 Å². The first-order chi connectivity index (χ1) is 9.81. The molecule has 3 aromatic heterocycles. The Balaban J connectivity index is 1.95. The number of anilines is 1. The first-order valence-corrected chi connectivity index (χ1v) is 6.13. The Morgan fingerprint density at radius 1 is 1.10 bits per heavy atom. The molecular formula is C14H10N6. The first kappa shape index (κ1) is 10.9. The van der Waals surface area contributed by atoms with Crippen molar-refractivity contribution in [2.75, 3.05) is 5.73 Å². The van der Waals surface area contributed by atoms with Crippen LogP contribution in [0.2, 0.25) is 0 Å². The van der Waals surface area contributed by atoms with Gasteiger partial charge >= 0.3 is 0 Å². The number of pyridine rings is 1. The minimum Gasteiger partial charge on any atom is -0.369 e. The highest BCUT2D eigenvalue weighted by atomic mass is 15.3. The highest BCUT2D eigenvalue weighted by Gasteiger charge is 2.07. The Kier molecular flexibility index (Phi) is 2.17. The molecule has 0 fully saturated rings. The third kappa shape index (κ3) is 1.58. The Morgan fingerprint density at radius 2 is 2.00 bits per heavy atom. The molecule has 20 heavy (non-hydrogen) atoms. The van der Waals surface area contributed by atoms with Crippen molar-refractivity contribution in [2.24, 2.45) is 0 Å². The standard InChI is InChI=1S/C14H10N6/c15-14-18-12(6-13-19-17-8-20(13)14)10-5-9-3-1-2-4-11(9)16-7-10/h1-8H,(H2,15,18). The van der Waals surface area contributed by atoms with Crippen molar-refractivity contribution in [3.8, 4) is 11.3 Å². The van der Waals surface area contributed by atoms with E-state index in [2.05, 4.69) is 20.2 Å². The number of rotatable bonds is 1. The van der Waals surface area contributed by atoms with Crippen LogP contribution in [0.3, 0.4) is 0 Å². The van der Waals surface area contributed by atoms with Crippen molar-refractivity contribution in [1.29, 1.82) is 0 Å². The molecule has 4 rings (SSSR count). The smallest absolute Gasteiger partial charge is 0.207 e. The van der Waals surface area contributed by atoms with Gasteiger partial charge in [0.1, 0.15) is 6.33 Å². The molecular weight excluding hydrogens is 252 g/mol. The average molecular weight is 262 g/mol. The molecule has 4 aromatic rings. The minimum absolute atomic E-state index is 0.357. The molecule has 0 spiro atoms. The molecule has 0 unspecified atom stereocenters. The van der Waals surface area contributed by atoms with Crippen LogP contribution < -0.4 is 5.73 Å². The van der Waals surface area contributed by atoms with Crippen LogP contribution in [-0.4, -0.2) is 24.6 Å². The van der Waals surface area contributed by atoms with E-state index in [9.17, 15) is 0 Å². The van der Waals surface area contributed by atoms with Gasteiger partial charge in [-0.3, -0.25) is 9.38 Å². The summed E-state index contributed by atoms with van der Waals surface area (Å²) in [5.41, 5.74) is 9.16. The second-order valence-corrected chi connectivity index (χ2v) is 4.48. The van der Waals surface area contributed by atoms with Crippen LogP contribution in [0.5, 0.6) is 0 Å². The monoisotopic (exact) mass is 262 g/mol. The molecule has 3 heterocycles. The van der Waals surface area contributed by atoms with Crippen LogP contribution in [0.4, 0.5) is 5.95 Å². The summed E-state index contributed by atoms with van der Waals surface area (Å²) in [6, 6.07) is 11.8. The molecule has 0 aliphatic carbocycles. The summed E-state index contributed by atoms with van der Waals surface area (Å²) >= 11 is 0. The fraction of sp³-hybridized carbons (Fsp3) is 0. The predicted molar refractivity (Wildman–Crippen MR) is 75.9 cm³/mol. The number of para-hydroxylation sites is 1. The zero-order valence-electron chi connectivity index (χ0n) is 10.4. The van der Waals surface area contributed by atoms with E-state index in [1.165, 1.54) is 0 Å². The van der Waals surface area contributed by atoms with Gasteiger partial charge in [-0.2, -0.15) is 0 Å². The van der Waals surface area contributed by atoms with E-state index in [0.717, 1.165) is 22.2 Å². The molecule has 0 bridgehead atoms. The lowest BCUT2D eigenvalue weighted by molar-refractivity contribution is 1.09. The van der Waals surface area contributed by atoms with Gasteiger partial charge in [-0.15, -0.1) is 10.2 Å². The zero-order valence-corrected chi connectivity index (χ0v) is 10.4. The highest BCUT2D eigenvalue weighted by Crippen LogP contribution is 2.22. The van der Waals surface area contributed by atoms with E-state index in [1.54, 1.807) is 16.9 Å². The molecule has 0 saturated heterocycles. The Labute approximate surface area is 113 Å². The maximum Gasteiger partial charge on any atom is 0.207 e. The first-order valence-electron chi connectivity index (χ1n) is 6.13. The summed E-state index contributed by atoms with van der Waals surface area (Å²) in [5.74, 6) is 0.357. The van der Waals surface area contributed by atoms with Gasteiger partial charge < -0.3 is 5.73 Å². The second kappa shape index (κ2) is 3.99. The van der Waals surface area contributed by atoms with Crippen molar-refractivity contribution in [2.45, 2.75) is 0 Å². The summed E-state index contributed by atoms with van der Waals surface area (Å²) in [5, 5.41) is 8.89. The number of nitrogens with zero attached hydrogens (tertiary/aromatic N) is 5. The lowest BCUT2D eigenvalue weighted by Crippen LogP contribution is -2.01. The van der Waals surface area contributed by atoms with E-state index in [1.807, 2.05) is 36.4 Å². The molecule has 0 radical (unpaired) electrons. The van der Waals surface area contributed by atoms with E-state index in [0.29, 0.717) is 11.6 Å². The van der Waals surface area contributed by atoms with Crippen LogP contribution in [0.15, 0.2) is 48.9 Å². The fourth-order valence-corrected chi connectivity index (χ4v) is 2.21. The van der Waals surface area contributed by atoms with E-state index in [4.69, 9.17) is 5.73 Å². The fourth-order valence-electron chi connectivity index (χ4n) is 2.21. The van der Waals surface area contributed by atoms with Crippen LogP contribution in [0.25, 0.3) is 27.8 Å². The molecule has 0 saturated carbocycles. The third-order valence-electron chi connectivity index (χ3n) is 3.21. The quantitative estimate of drug-likeness (QED) is 0.566. The van der Waals surface area contributed by atoms with Gasteiger partial charge in [0, 0.05) is 23.2 Å². The van der Waals surface area contributed by atoms with Crippen molar-refractivity contribution in [3.05, 3.63) is 48.9 Å². The van der Waals surface area contributed by atoms with Crippen LogP contribution in [0, 0.1) is 0 Å². The molecule has 0 aliphatic heterocycles. The average Bonchev–Trinajstić information content (AvgIpc) is 2.96. The molecule has 6 heteroatoms. The number of nitrogens with two attached hydrogens (primary N) is 1. The van der Waals surface area contributed by atoms with E-state index < -0.39 is 0 Å². The number of fused-ring (bicyclic) bond motifs is 2. The molecule has 1 aromatic carbocycles. The molecule has 2 N–H and O–H groups in total. The molecule has 0 aliphatic rings. The summed E-state index contributed by atoms with van der Waals surface area (Å²) in [6.45, 7) is 0. The third-order valence-corrected chi connectivity index (χ3v) is 3.21. The van der Waals surface area contributed by atoms with Gasteiger partial charge in [-0.25, -0.2) is 4.98 Å². The number of nitrogen functional groups attached to an aromatic ring is 1. The highest BCUT2D eigenvalue weighted by molar-refractivity contribution is 5.83. The van der Waals surface area contributed by atoms with Crippen LogP contribution in [0.1, 0.15) is 0 Å². The van der Waals surface area contributed by atoms with Gasteiger partial charge in [-0.1, -0.05) is 18.2 Å². The Hall–Kier alpha value is -3.02. The van der Waals surface area contributed by atoms with Crippen molar-refractivity contribution in [1.82, 2.24) is 24.6 Å². The number of benzene rings is 1. The van der Waals surface area contributed by atoms with Gasteiger partial charge in [0.05, 0.1) is 11.2 Å². The Bertz CT molecular complexity index is 927. The maximum absolute atomic E-state index is 5.90. The molecule has 96 valence electrons. The lowest BCUT2D eigenvalue weighted by Gasteiger charge is -2.05. The van der Waals surface area contributed by atoms with Crippen LogP contribution in [-0.2, 0) is 0 Å². The molecule has 6 nitrogen and oxygen atoms in total. The van der Waals surface area contributed by atoms with Crippen molar-refractivity contribution < 1.29 is 0 Å². The summed E-state index contributed by atoms with van der Waals surface area (Å²) in [6.07, 6.45) is 3.33. The topological polar surface area (TPSA) is 82.0 Å². The minimum atomic E-state index is 0.357. The Morgan fingerprint density at radius 3 is 2.95 bits per heavy atom. The normalized spacial score (nSPS) is 11.2. The summed E-state index contributed by atoms with van der Waals surface area (Å²) < 4.78 is 1.64.